The minimum Gasteiger partial charge on any atom is -0.383 e. The lowest BCUT2D eigenvalue weighted by Gasteiger charge is -2.15. The molecule has 6 heteroatoms. The Labute approximate surface area is 106 Å². The molecule has 1 heterocycles. The van der Waals surface area contributed by atoms with Crippen molar-refractivity contribution in [2.24, 2.45) is 0 Å². The van der Waals surface area contributed by atoms with E-state index in [-0.39, 0.29) is 16.9 Å². The number of amides is 1. The molecular weight excluding hydrogens is 234 g/mol. The molecule has 0 unspecified atom stereocenters. The number of aromatic amines is 1. The highest BCUT2D eigenvalue weighted by Crippen LogP contribution is 1.88. The van der Waals surface area contributed by atoms with Gasteiger partial charge in [-0.15, -0.1) is 0 Å². The lowest BCUT2D eigenvalue weighted by molar-refractivity contribution is 0.0946. The topological polar surface area (TPSA) is 74.4 Å². The Morgan fingerprint density at radius 2 is 2.28 bits per heavy atom. The number of nitrogens with zero attached hydrogens (tertiary/aromatic N) is 1. The van der Waals surface area contributed by atoms with Gasteiger partial charge in [-0.2, -0.15) is 0 Å². The number of ether oxygens (including phenoxy) is 1. The number of carbonyl (C=O) groups is 1. The van der Waals surface area contributed by atoms with Crippen LogP contribution in [0.25, 0.3) is 0 Å². The SMILES string of the molecule is COCCN(C)CCNC(=O)c1c[nH]ccc1=O. The largest absolute Gasteiger partial charge is 0.383 e. The van der Waals surface area contributed by atoms with Gasteiger partial charge in [0.2, 0.25) is 0 Å². The molecule has 6 nitrogen and oxygen atoms in total. The average molecular weight is 253 g/mol. The number of hydrogen-bond acceptors (Lipinski definition) is 4. The van der Waals surface area contributed by atoms with Crippen molar-refractivity contribution in [1.29, 1.82) is 0 Å². The van der Waals surface area contributed by atoms with Gasteiger partial charge in [-0.05, 0) is 7.05 Å². The number of rotatable bonds is 7. The third-order valence-electron chi connectivity index (χ3n) is 2.52. The first-order chi connectivity index (χ1) is 8.65. The smallest absolute Gasteiger partial charge is 0.256 e. The van der Waals surface area contributed by atoms with Crippen LogP contribution in [0.15, 0.2) is 23.3 Å². The van der Waals surface area contributed by atoms with Gasteiger partial charge in [0.1, 0.15) is 5.56 Å². The standard InChI is InChI=1S/C12H19N3O3/c1-15(7-8-18-2)6-5-14-12(17)10-9-13-4-3-11(10)16/h3-4,9H,5-8H2,1-2H3,(H,13,16)(H,14,17). The van der Waals surface area contributed by atoms with Crippen molar-refractivity contribution in [3.63, 3.8) is 0 Å². The van der Waals surface area contributed by atoms with Crippen LogP contribution in [-0.4, -0.2) is 56.2 Å². The fourth-order valence-corrected chi connectivity index (χ4v) is 1.41. The first kappa shape index (κ1) is 14.4. The monoisotopic (exact) mass is 253 g/mol. The molecule has 0 aliphatic rings. The molecule has 1 aromatic rings. The maximum Gasteiger partial charge on any atom is 0.256 e. The minimum atomic E-state index is -0.350. The summed E-state index contributed by atoms with van der Waals surface area (Å²) in [6.45, 7) is 2.66. The molecule has 1 rings (SSSR count). The van der Waals surface area contributed by atoms with Crippen molar-refractivity contribution >= 4 is 5.91 Å². The number of methoxy groups -OCH3 is 1. The Bertz CT molecular complexity index is 431. The van der Waals surface area contributed by atoms with Gasteiger partial charge in [0.05, 0.1) is 6.61 Å². The Kier molecular flexibility index (Phi) is 6.10. The molecule has 0 aromatic carbocycles. The number of pyridine rings is 1. The Hall–Kier alpha value is -1.66. The fourth-order valence-electron chi connectivity index (χ4n) is 1.41. The van der Waals surface area contributed by atoms with Crippen molar-refractivity contribution in [2.45, 2.75) is 0 Å². The molecule has 100 valence electrons. The van der Waals surface area contributed by atoms with E-state index < -0.39 is 0 Å². The van der Waals surface area contributed by atoms with Crippen LogP contribution in [0.2, 0.25) is 0 Å². The van der Waals surface area contributed by atoms with Crippen LogP contribution in [-0.2, 0) is 4.74 Å². The summed E-state index contributed by atoms with van der Waals surface area (Å²) in [5.74, 6) is -0.350. The van der Waals surface area contributed by atoms with E-state index in [1.807, 2.05) is 11.9 Å². The maximum absolute atomic E-state index is 11.7. The molecule has 0 spiro atoms. The number of nitrogens with one attached hydrogen (secondary N) is 2. The molecule has 0 saturated heterocycles. The second-order valence-electron chi connectivity index (χ2n) is 3.97. The van der Waals surface area contributed by atoms with Gasteiger partial charge in [0.15, 0.2) is 5.43 Å². The van der Waals surface area contributed by atoms with E-state index in [9.17, 15) is 9.59 Å². The summed E-state index contributed by atoms with van der Waals surface area (Å²) in [5, 5.41) is 2.71. The summed E-state index contributed by atoms with van der Waals surface area (Å²) in [6.07, 6.45) is 2.91. The fraction of sp³-hybridized carbons (Fsp3) is 0.500. The molecule has 0 radical (unpaired) electrons. The van der Waals surface area contributed by atoms with E-state index in [0.717, 1.165) is 6.54 Å². The normalized spacial score (nSPS) is 10.6. The first-order valence-electron chi connectivity index (χ1n) is 5.78. The zero-order chi connectivity index (χ0) is 13.4. The van der Waals surface area contributed by atoms with E-state index in [1.54, 1.807) is 7.11 Å². The van der Waals surface area contributed by atoms with Gasteiger partial charge in [-0.3, -0.25) is 9.59 Å². The molecule has 1 aromatic heterocycles. The summed E-state index contributed by atoms with van der Waals surface area (Å²) in [7, 11) is 3.60. The molecule has 0 saturated carbocycles. The van der Waals surface area contributed by atoms with Gasteiger partial charge in [-0.25, -0.2) is 0 Å². The van der Waals surface area contributed by atoms with Crippen LogP contribution < -0.4 is 10.7 Å². The van der Waals surface area contributed by atoms with Crippen molar-refractivity contribution in [3.8, 4) is 0 Å². The zero-order valence-electron chi connectivity index (χ0n) is 10.7. The molecule has 2 N–H and O–H groups in total. The number of H-pyrrole nitrogens is 1. The summed E-state index contributed by atoms with van der Waals surface area (Å²) in [4.78, 5) is 27.8. The van der Waals surface area contributed by atoms with Crippen LogP contribution in [0.4, 0.5) is 0 Å². The first-order valence-corrected chi connectivity index (χ1v) is 5.78. The number of aromatic nitrogens is 1. The van der Waals surface area contributed by atoms with Crippen molar-refractivity contribution < 1.29 is 9.53 Å². The van der Waals surface area contributed by atoms with E-state index in [2.05, 4.69) is 10.3 Å². The van der Waals surface area contributed by atoms with E-state index >= 15 is 0 Å². The number of likely N-dealkylation sites (N-methyl/N-ethyl adjacent to an activating group) is 1. The van der Waals surface area contributed by atoms with E-state index in [1.165, 1.54) is 18.5 Å². The lowest BCUT2D eigenvalue weighted by Crippen LogP contribution is -2.36. The zero-order valence-corrected chi connectivity index (χ0v) is 10.7. The highest BCUT2D eigenvalue weighted by Gasteiger charge is 2.08. The molecule has 0 fully saturated rings. The predicted molar refractivity (Wildman–Crippen MR) is 68.8 cm³/mol. The van der Waals surface area contributed by atoms with Crippen LogP contribution in [0, 0.1) is 0 Å². The van der Waals surface area contributed by atoms with Gasteiger partial charge >= 0.3 is 0 Å². The molecule has 0 bridgehead atoms. The molecule has 0 aliphatic carbocycles. The third kappa shape index (κ3) is 4.68. The maximum atomic E-state index is 11.7. The minimum absolute atomic E-state index is 0.136. The Balaban J connectivity index is 2.34. The highest BCUT2D eigenvalue weighted by atomic mass is 16.5. The summed E-state index contributed by atoms with van der Waals surface area (Å²) >= 11 is 0. The van der Waals surface area contributed by atoms with Crippen molar-refractivity contribution in [1.82, 2.24) is 15.2 Å². The van der Waals surface area contributed by atoms with Crippen LogP contribution in [0.5, 0.6) is 0 Å². The Morgan fingerprint density at radius 1 is 1.50 bits per heavy atom. The second-order valence-corrected chi connectivity index (χ2v) is 3.97. The number of carbonyl (C=O) groups excluding carboxylic acids is 1. The summed E-state index contributed by atoms with van der Waals surface area (Å²) in [6, 6.07) is 1.33. The van der Waals surface area contributed by atoms with Gasteiger partial charge in [-0.1, -0.05) is 0 Å². The van der Waals surface area contributed by atoms with E-state index in [4.69, 9.17) is 4.74 Å². The highest BCUT2D eigenvalue weighted by molar-refractivity contribution is 5.93. The van der Waals surface area contributed by atoms with Crippen molar-refractivity contribution in [3.05, 3.63) is 34.2 Å². The van der Waals surface area contributed by atoms with Crippen LogP contribution >= 0.6 is 0 Å². The summed E-state index contributed by atoms with van der Waals surface area (Å²) in [5.41, 5.74) is -0.143. The number of hydrogen-bond donors (Lipinski definition) is 2. The molecule has 0 aliphatic heterocycles. The molecule has 18 heavy (non-hydrogen) atoms. The van der Waals surface area contributed by atoms with Gasteiger partial charge in [0.25, 0.3) is 5.91 Å². The quantitative estimate of drug-likeness (QED) is 0.698. The molecule has 0 atom stereocenters. The summed E-state index contributed by atoms with van der Waals surface area (Å²) < 4.78 is 4.95. The predicted octanol–water partition coefficient (Wildman–Crippen LogP) is -0.317. The molecule has 1 amide bonds. The lowest BCUT2D eigenvalue weighted by atomic mass is 10.2. The Morgan fingerprint density at radius 3 is 2.94 bits per heavy atom. The van der Waals surface area contributed by atoms with Crippen molar-refractivity contribution in [2.75, 3.05) is 40.4 Å². The third-order valence-corrected chi connectivity index (χ3v) is 2.52. The van der Waals surface area contributed by atoms with Crippen LogP contribution in [0.1, 0.15) is 10.4 Å². The average Bonchev–Trinajstić information content (AvgIpc) is 2.36. The van der Waals surface area contributed by atoms with E-state index in [0.29, 0.717) is 19.7 Å². The van der Waals surface area contributed by atoms with Gasteiger partial charge < -0.3 is 19.9 Å². The molecular formula is C12H19N3O3. The second kappa shape index (κ2) is 7.62. The van der Waals surface area contributed by atoms with Crippen LogP contribution in [0.3, 0.4) is 0 Å². The van der Waals surface area contributed by atoms with Gasteiger partial charge in [0, 0.05) is 45.2 Å².